The molecule has 1 fully saturated rings. The summed E-state index contributed by atoms with van der Waals surface area (Å²) in [5, 5.41) is 3.29. The molecule has 1 N–H and O–H groups in total. The first-order valence-corrected chi connectivity index (χ1v) is 8.37. The fraction of sp³-hybridized carbons (Fsp3) is 0.571. The SMILES string of the molecule is CNC(CCC1CC1)c1cccc(S(C)(=O)=O)c1. The van der Waals surface area contributed by atoms with Crippen LogP contribution in [-0.4, -0.2) is 21.7 Å². The molecule has 1 saturated carbocycles. The lowest BCUT2D eigenvalue weighted by Gasteiger charge is -2.17. The number of hydrogen-bond acceptors (Lipinski definition) is 3. The third kappa shape index (κ3) is 3.56. The van der Waals surface area contributed by atoms with Gasteiger partial charge in [-0.25, -0.2) is 8.42 Å². The molecule has 3 nitrogen and oxygen atoms in total. The first-order chi connectivity index (χ1) is 8.50. The largest absolute Gasteiger partial charge is 0.313 e. The molecule has 1 aromatic rings. The Morgan fingerprint density at radius 3 is 2.67 bits per heavy atom. The van der Waals surface area contributed by atoms with Crippen LogP contribution in [0.4, 0.5) is 0 Å². The number of hydrogen-bond donors (Lipinski definition) is 1. The summed E-state index contributed by atoms with van der Waals surface area (Å²) in [6.07, 6.45) is 6.29. The van der Waals surface area contributed by atoms with Crippen LogP contribution >= 0.6 is 0 Å². The minimum Gasteiger partial charge on any atom is -0.313 e. The van der Waals surface area contributed by atoms with Crippen LogP contribution in [0.5, 0.6) is 0 Å². The van der Waals surface area contributed by atoms with Gasteiger partial charge in [-0.3, -0.25) is 0 Å². The Hall–Kier alpha value is -0.870. The van der Waals surface area contributed by atoms with Crippen molar-refractivity contribution in [1.82, 2.24) is 5.32 Å². The van der Waals surface area contributed by atoms with E-state index in [0.29, 0.717) is 4.90 Å². The average Bonchev–Trinajstić information content (AvgIpc) is 3.13. The highest BCUT2D eigenvalue weighted by atomic mass is 32.2. The minimum atomic E-state index is -3.11. The van der Waals surface area contributed by atoms with E-state index in [9.17, 15) is 8.42 Å². The van der Waals surface area contributed by atoms with Gasteiger partial charge in [-0.2, -0.15) is 0 Å². The molecular formula is C14H21NO2S. The fourth-order valence-corrected chi connectivity index (χ4v) is 2.92. The van der Waals surface area contributed by atoms with Crippen LogP contribution in [0.15, 0.2) is 29.2 Å². The molecule has 0 bridgehead atoms. The zero-order valence-electron chi connectivity index (χ0n) is 11.0. The maximum absolute atomic E-state index is 11.6. The van der Waals surface area contributed by atoms with Crippen LogP contribution < -0.4 is 5.32 Å². The molecule has 1 atom stereocenters. The molecule has 1 aliphatic rings. The zero-order valence-corrected chi connectivity index (χ0v) is 11.8. The van der Waals surface area contributed by atoms with Gasteiger partial charge in [0.1, 0.15) is 0 Å². The molecule has 0 amide bonds. The summed E-state index contributed by atoms with van der Waals surface area (Å²) in [5.41, 5.74) is 1.07. The monoisotopic (exact) mass is 267 g/mol. The molecule has 100 valence electrons. The Bertz CT molecular complexity index is 506. The van der Waals surface area contributed by atoms with Crippen molar-refractivity contribution in [2.75, 3.05) is 13.3 Å². The Morgan fingerprint density at radius 2 is 2.11 bits per heavy atom. The summed E-state index contributed by atoms with van der Waals surface area (Å²) in [6.45, 7) is 0. The Morgan fingerprint density at radius 1 is 1.39 bits per heavy atom. The van der Waals surface area contributed by atoms with Gasteiger partial charge in [0, 0.05) is 12.3 Å². The Balaban J connectivity index is 2.13. The number of sulfone groups is 1. The van der Waals surface area contributed by atoms with Crippen LogP contribution in [0.25, 0.3) is 0 Å². The number of nitrogens with one attached hydrogen (secondary N) is 1. The van der Waals surface area contributed by atoms with Crippen molar-refractivity contribution in [3.63, 3.8) is 0 Å². The van der Waals surface area contributed by atoms with Gasteiger partial charge < -0.3 is 5.32 Å². The third-order valence-electron chi connectivity index (χ3n) is 3.60. The summed E-state index contributed by atoms with van der Waals surface area (Å²) in [6, 6.07) is 7.54. The lowest BCUT2D eigenvalue weighted by atomic mass is 10.0. The highest BCUT2D eigenvalue weighted by Crippen LogP contribution is 2.36. The van der Waals surface area contributed by atoms with Gasteiger partial charge in [0.05, 0.1) is 4.90 Å². The first kappa shape index (κ1) is 13.6. The average molecular weight is 267 g/mol. The molecule has 1 aliphatic carbocycles. The van der Waals surface area contributed by atoms with Crippen molar-refractivity contribution >= 4 is 9.84 Å². The van der Waals surface area contributed by atoms with Gasteiger partial charge in [-0.1, -0.05) is 25.0 Å². The van der Waals surface area contributed by atoms with Crippen molar-refractivity contribution in [3.05, 3.63) is 29.8 Å². The van der Waals surface area contributed by atoms with Gasteiger partial charge in [0.2, 0.25) is 0 Å². The van der Waals surface area contributed by atoms with Crippen LogP contribution in [0.1, 0.15) is 37.3 Å². The Labute approximate surface area is 110 Å². The van der Waals surface area contributed by atoms with Gasteiger partial charge in [0.25, 0.3) is 0 Å². The second kappa shape index (κ2) is 5.41. The van der Waals surface area contributed by atoms with Gasteiger partial charge in [0.15, 0.2) is 9.84 Å². The highest BCUT2D eigenvalue weighted by Gasteiger charge is 2.22. The zero-order chi connectivity index (χ0) is 13.2. The molecule has 18 heavy (non-hydrogen) atoms. The lowest BCUT2D eigenvalue weighted by molar-refractivity contribution is 0.505. The second-order valence-corrected chi connectivity index (χ2v) is 7.22. The molecule has 1 aromatic carbocycles. The van der Waals surface area contributed by atoms with Crippen molar-refractivity contribution in [2.45, 2.75) is 36.6 Å². The summed E-state index contributed by atoms with van der Waals surface area (Å²) < 4.78 is 23.1. The molecule has 0 aliphatic heterocycles. The third-order valence-corrected chi connectivity index (χ3v) is 4.71. The maximum Gasteiger partial charge on any atom is 0.175 e. The van der Waals surface area contributed by atoms with Crippen molar-refractivity contribution in [1.29, 1.82) is 0 Å². The van der Waals surface area contributed by atoms with Crippen molar-refractivity contribution in [3.8, 4) is 0 Å². The predicted octanol–water partition coefficient (Wildman–Crippen LogP) is 2.54. The summed E-state index contributed by atoms with van der Waals surface area (Å²) in [5.74, 6) is 0.902. The highest BCUT2D eigenvalue weighted by molar-refractivity contribution is 7.90. The summed E-state index contributed by atoms with van der Waals surface area (Å²) >= 11 is 0. The van der Waals surface area contributed by atoms with E-state index in [1.165, 1.54) is 25.5 Å². The van der Waals surface area contributed by atoms with E-state index < -0.39 is 9.84 Å². The quantitative estimate of drug-likeness (QED) is 0.861. The van der Waals surface area contributed by atoms with E-state index >= 15 is 0 Å². The van der Waals surface area contributed by atoms with Gasteiger partial charge in [-0.05, 0) is 43.5 Å². The maximum atomic E-state index is 11.6. The van der Waals surface area contributed by atoms with Crippen LogP contribution in [0.2, 0.25) is 0 Å². The van der Waals surface area contributed by atoms with E-state index in [0.717, 1.165) is 17.9 Å². The fourth-order valence-electron chi connectivity index (χ4n) is 2.25. The minimum absolute atomic E-state index is 0.257. The van der Waals surface area contributed by atoms with Crippen LogP contribution in [-0.2, 0) is 9.84 Å². The normalized spacial score (nSPS) is 17.7. The number of rotatable bonds is 6. The van der Waals surface area contributed by atoms with Crippen LogP contribution in [0.3, 0.4) is 0 Å². The number of benzene rings is 1. The predicted molar refractivity (Wildman–Crippen MR) is 73.3 cm³/mol. The molecule has 0 heterocycles. The van der Waals surface area contributed by atoms with E-state index in [1.54, 1.807) is 12.1 Å². The lowest BCUT2D eigenvalue weighted by Crippen LogP contribution is -2.17. The van der Waals surface area contributed by atoms with Gasteiger partial charge >= 0.3 is 0 Å². The van der Waals surface area contributed by atoms with Gasteiger partial charge in [-0.15, -0.1) is 0 Å². The molecule has 0 aromatic heterocycles. The van der Waals surface area contributed by atoms with E-state index in [4.69, 9.17) is 0 Å². The van der Waals surface area contributed by atoms with E-state index in [-0.39, 0.29) is 6.04 Å². The van der Waals surface area contributed by atoms with Crippen LogP contribution in [0, 0.1) is 5.92 Å². The van der Waals surface area contributed by atoms with Crippen molar-refractivity contribution in [2.24, 2.45) is 5.92 Å². The molecule has 0 saturated heterocycles. The molecule has 1 unspecified atom stereocenters. The Kier molecular flexibility index (Phi) is 4.07. The molecule has 0 radical (unpaired) electrons. The standard InChI is InChI=1S/C14H21NO2S/c1-15-14(9-8-11-6-7-11)12-4-3-5-13(10-12)18(2,16)17/h3-5,10-11,14-15H,6-9H2,1-2H3. The first-order valence-electron chi connectivity index (χ1n) is 6.48. The topological polar surface area (TPSA) is 46.2 Å². The molecule has 0 spiro atoms. The molecule has 4 heteroatoms. The van der Waals surface area contributed by atoms with Crippen molar-refractivity contribution < 1.29 is 8.42 Å². The summed E-state index contributed by atoms with van der Waals surface area (Å²) in [7, 11) is -1.18. The smallest absolute Gasteiger partial charge is 0.175 e. The van der Waals surface area contributed by atoms with E-state index in [1.807, 2.05) is 19.2 Å². The molecule has 2 rings (SSSR count). The van der Waals surface area contributed by atoms with E-state index in [2.05, 4.69) is 5.32 Å². The summed E-state index contributed by atoms with van der Waals surface area (Å²) in [4.78, 5) is 0.409. The molecular weight excluding hydrogens is 246 g/mol. The second-order valence-electron chi connectivity index (χ2n) is 5.21.